The number of nitrogens with zero attached hydrogens (tertiary/aromatic N) is 2. The van der Waals surface area contributed by atoms with Gasteiger partial charge in [0.25, 0.3) is 0 Å². The lowest BCUT2D eigenvalue weighted by Gasteiger charge is -2.45. The number of carbonyl (C=O) groups is 1. The van der Waals surface area contributed by atoms with E-state index in [1.165, 1.54) is 84.0 Å². The van der Waals surface area contributed by atoms with Gasteiger partial charge in [0.2, 0.25) is 5.36 Å². The van der Waals surface area contributed by atoms with Crippen LogP contribution < -0.4 is 24.8 Å². The standard InChI is InChI=1S/C48H36F26N2O3/c1-21-19-35(3,4)75(13-11-37(49,50)39(53,54)41(57,58)43(61,62)45(65,66)47(69,70)71)29-17-31-27(15-25(21)29)33(23-9-7-8-10-24(23)34(77)78)28-16-26-22(2)20-36(5,6)76(30(26)18-32(28)79-31)14-12-38(51,52)40(55,56)42(59,60)44(63,64)46(67,68)48(72,73)74/h7-10,15-20H,11-14H2,1-6H3/p+1. The van der Waals surface area contributed by atoms with Gasteiger partial charge in [0.1, 0.15) is 18.0 Å². The highest BCUT2D eigenvalue weighted by Crippen LogP contribution is 2.63. The lowest BCUT2D eigenvalue weighted by molar-refractivity contribution is -0.440. The number of benzene rings is 3. The number of ether oxygens (including phenoxy) is 1. The first kappa shape index (κ1) is 62.3. The maximum atomic E-state index is 15.3. The molecule has 0 saturated heterocycles. The Morgan fingerprint density at radius 1 is 0.532 bits per heavy atom. The van der Waals surface area contributed by atoms with E-state index < -0.39 is 143 Å². The number of allylic oxidation sites excluding steroid dienone is 2. The van der Waals surface area contributed by atoms with E-state index in [0.717, 1.165) is 27.7 Å². The predicted octanol–water partition coefficient (Wildman–Crippen LogP) is 14.7. The molecule has 0 radical (unpaired) electrons. The zero-order valence-electron chi connectivity index (χ0n) is 40.6. The number of fused-ring (bicyclic) bond motifs is 4. The van der Waals surface area contributed by atoms with Crippen LogP contribution in [0, 0.1) is 0 Å². The summed E-state index contributed by atoms with van der Waals surface area (Å²) in [6, 6.07) is 9.08. The molecular formula is C48H37F26N2O3+. The van der Waals surface area contributed by atoms with Gasteiger partial charge in [0, 0.05) is 66.0 Å². The number of aromatic carboxylic acids is 1. The van der Waals surface area contributed by atoms with Crippen molar-refractivity contribution in [2.75, 3.05) is 18.0 Å². The molecule has 0 fully saturated rings. The summed E-state index contributed by atoms with van der Waals surface area (Å²) in [5.41, 5.74) is -4.70. The third kappa shape index (κ3) is 9.11. The molecule has 0 aliphatic carbocycles. The van der Waals surface area contributed by atoms with Crippen molar-refractivity contribution in [3.63, 3.8) is 0 Å². The fourth-order valence-electron chi connectivity index (χ4n) is 9.45. The van der Waals surface area contributed by atoms with Crippen LogP contribution in [0.1, 0.15) is 87.0 Å². The first-order chi connectivity index (χ1) is 35.2. The lowest BCUT2D eigenvalue weighted by atomic mass is 9.83. The fraction of sp³-hybridized carbons (Fsp3) is 0.500. The Hall–Kier alpha value is -5.94. The topological polar surface area (TPSA) is 52.8 Å². The minimum absolute atomic E-state index is 0.0997. The predicted molar refractivity (Wildman–Crippen MR) is 227 cm³/mol. The highest BCUT2D eigenvalue weighted by Gasteiger charge is 2.92. The van der Waals surface area contributed by atoms with Crippen LogP contribution >= 0.6 is 0 Å². The molecule has 0 amide bonds. The first-order valence-corrected chi connectivity index (χ1v) is 22.3. The number of hydrogen-bond acceptors (Lipinski definition) is 3. The number of rotatable bonds is 16. The SMILES string of the molecule is CC1=CC(C)(C)N(CCC(F)(F)C(F)(F)C(F)(F)C(F)(F)C(F)(F)C(F)(F)F)c2cc3c(cc21)C(c1ccccc1C(=O)O)=c1cc2c(cc1O3)=[N+](CCC(F)(F)C(F)(F)C(F)(F)C(F)(F)C(F)(F)C(F)(F)F)C(C)(C)C=C2C. The van der Waals surface area contributed by atoms with Crippen LogP contribution in [0.2, 0.25) is 0 Å². The highest BCUT2D eigenvalue weighted by atomic mass is 19.4. The van der Waals surface area contributed by atoms with Gasteiger partial charge in [-0.1, -0.05) is 24.3 Å². The molecule has 31 heteroatoms. The van der Waals surface area contributed by atoms with Crippen molar-refractivity contribution >= 4 is 28.4 Å². The van der Waals surface area contributed by atoms with Gasteiger partial charge in [0.15, 0.2) is 5.54 Å². The Morgan fingerprint density at radius 2 is 0.987 bits per heavy atom. The summed E-state index contributed by atoms with van der Waals surface area (Å²) in [6.07, 6.45) is -18.2. The van der Waals surface area contributed by atoms with E-state index in [-0.39, 0.29) is 44.2 Å². The molecule has 5 nitrogen and oxygen atoms in total. The monoisotopic (exact) mass is 1180 g/mol. The Labute approximate surface area is 427 Å². The van der Waals surface area contributed by atoms with Crippen molar-refractivity contribution in [3.8, 4) is 11.5 Å². The molecule has 0 spiro atoms. The smallest absolute Gasteiger partial charge is 0.460 e. The summed E-state index contributed by atoms with van der Waals surface area (Å²) in [5.74, 6) is -79.6. The fourth-order valence-corrected chi connectivity index (χ4v) is 9.45. The molecule has 3 heterocycles. The molecule has 3 aromatic carbocycles. The van der Waals surface area contributed by atoms with Crippen LogP contribution in [0.5, 0.6) is 11.5 Å². The van der Waals surface area contributed by atoms with Crippen molar-refractivity contribution in [3.05, 3.63) is 99.1 Å². The normalized spacial score (nSPS) is 17.8. The highest BCUT2D eigenvalue weighted by molar-refractivity contribution is 5.99. The van der Waals surface area contributed by atoms with Gasteiger partial charge in [-0.05, 0) is 68.7 Å². The van der Waals surface area contributed by atoms with Crippen molar-refractivity contribution in [2.45, 2.75) is 137 Å². The Morgan fingerprint density at radius 3 is 1.47 bits per heavy atom. The molecule has 0 saturated carbocycles. The number of alkyl halides is 26. The van der Waals surface area contributed by atoms with E-state index in [9.17, 15) is 106 Å². The Bertz CT molecular complexity index is 3170. The van der Waals surface area contributed by atoms with Gasteiger partial charge in [0.05, 0.1) is 23.6 Å². The lowest BCUT2D eigenvalue weighted by Crippen LogP contribution is -2.70. The first-order valence-electron chi connectivity index (χ1n) is 22.3. The van der Waals surface area contributed by atoms with E-state index >= 15 is 17.6 Å². The van der Waals surface area contributed by atoms with Crippen molar-refractivity contribution in [1.82, 2.24) is 4.58 Å². The second kappa shape index (κ2) is 18.3. The second-order valence-corrected chi connectivity index (χ2v) is 19.8. The molecular weight excluding hydrogens is 1150 g/mol. The molecule has 79 heavy (non-hydrogen) atoms. The van der Waals surface area contributed by atoms with Gasteiger partial charge in [-0.3, -0.25) is 0 Å². The number of anilines is 1. The molecule has 0 aromatic heterocycles. The van der Waals surface area contributed by atoms with Gasteiger partial charge in [-0.15, -0.1) is 0 Å². The molecule has 6 rings (SSSR count). The van der Waals surface area contributed by atoms with Crippen molar-refractivity contribution in [2.24, 2.45) is 0 Å². The molecule has 3 aromatic rings. The van der Waals surface area contributed by atoms with Crippen LogP contribution in [0.25, 0.3) is 16.7 Å². The van der Waals surface area contributed by atoms with E-state index in [1.54, 1.807) is 0 Å². The number of carboxylic acid groups (broad SMARTS) is 1. The molecule has 438 valence electrons. The van der Waals surface area contributed by atoms with Crippen molar-refractivity contribution in [1.29, 1.82) is 0 Å². The third-order valence-electron chi connectivity index (χ3n) is 13.6. The molecule has 1 N–H and O–H groups in total. The molecule has 0 atom stereocenters. The van der Waals surface area contributed by atoms with E-state index in [0.29, 0.717) is 0 Å². The summed E-state index contributed by atoms with van der Waals surface area (Å²) >= 11 is 0. The average Bonchev–Trinajstić information content (AvgIpc) is 3.27. The summed E-state index contributed by atoms with van der Waals surface area (Å²) in [6.45, 7) is 4.09. The van der Waals surface area contributed by atoms with Gasteiger partial charge < -0.3 is 14.7 Å². The minimum Gasteiger partial charge on any atom is -0.478 e. The van der Waals surface area contributed by atoms with E-state index in [1.807, 2.05) is 0 Å². The maximum Gasteiger partial charge on any atom is 0.460 e. The van der Waals surface area contributed by atoms with Crippen LogP contribution in [0.4, 0.5) is 120 Å². The second-order valence-electron chi connectivity index (χ2n) is 19.8. The average molecular weight is 1180 g/mol. The zero-order valence-corrected chi connectivity index (χ0v) is 40.6. The number of hydrogen-bond donors (Lipinski definition) is 1. The summed E-state index contributed by atoms with van der Waals surface area (Å²) < 4.78 is 374. The quantitative estimate of drug-likeness (QED) is 0.0897. The van der Waals surface area contributed by atoms with Crippen LogP contribution in [-0.4, -0.2) is 107 Å². The van der Waals surface area contributed by atoms with Gasteiger partial charge in [-0.2, -0.15) is 114 Å². The van der Waals surface area contributed by atoms with Crippen molar-refractivity contribution < 1.29 is 129 Å². The Kier molecular flexibility index (Phi) is 14.4. The van der Waals surface area contributed by atoms with Crippen LogP contribution in [0.3, 0.4) is 0 Å². The van der Waals surface area contributed by atoms with Gasteiger partial charge in [-0.25, -0.2) is 9.37 Å². The third-order valence-corrected chi connectivity index (χ3v) is 13.6. The van der Waals surface area contributed by atoms with Crippen LogP contribution in [0.15, 0.2) is 60.7 Å². The Balaban J connectivity index is 1.54. The molecule has 0 bridgehead atoms. The zero-order chi connectivity index (χ0) is 60.8. The molecule has 3 aliphatic heterocycles. The van der Waals surface area contributed by atoms with E-state index in [4.69, 9.17) is 4.74 Å². The van der Waals surface area contributed by atoms with E-state index in [2.05, 4.69) is 0 Å². The molecule has 3 aliphatic rings. The summed E-state index contributed by atoms with van der Waals surface area (Å²) in [7, 11) is 0. The maximum absolute atomic E-state index is 15.3. The molecule has 0 unspecified atom stereocenters. The largest absolute Gasteiger partial charge is 0.478 e. The summed E-state index contributed by atoms with van der Waals surface area (Å²) in [4.78, 5) is 13.4. The van der Waals surface area contributed by atoms with Crippen LogP contribution in [-0.2, 0) is 0 Å². The summed E-state index contributed by atoms with van der Waals surface area (Å²) in [5, 5.41) is 9.75. The number of carboxylic acids is 1. The van der Waals surface area contributed by atoms with Gasteiger partial charge >= 0.3 is 77.5 Å². The number of halogens is 26. The minimum atomic E-state index is -8.19.